The molecule has 0 spiro atoms. The topological polar surface area (TPSA) is 85.7 Å². The molecule has 1 heterocycles. The van der Waals surface area contributed by atoms with Gasteiger partial charge in [-0.25, -0.2) is 4.79 Å². The second-order valence-electron chi connectivity index (χ2n) is 5.46. The smallest absolute Gasteiger partial charge is 0.349 e. The molecule has 0 bridgehead atoms. The summed E-state index contributed by atoms with van der Waals surface area (Å²) in [4.78, 5) is 27.4. The maximum atomic E-state index is 12.5. The first-order chi connectivity index (χ1) is 13.5. The number of methoxy groups -OCH3 is 1. The number of aromatic nitrogens is 2. The number of nitrogens with zero attached hydrogens (tertiary/aromatic N) is 2. The molecule has 0 saturated carbocycles. The summed E-state index contributed by atoms with van der Waals surface area (Å²) in [5.74, 6) is 2.94. The van der Waals surface area contributed by atoms with Crippen molar-refractivity contribution in [1.29, 1.82) is 0 Å². The van der Waals surface area contributed by atoms with Crippen LogP contribution in [0.2, 0.25) is 5.02 Å². The van der Waals surface area contributed by atoms with E-state index in [1.54, 1.807) is 30.3 Å². The van der Waals surface area contributed by atoms with Crippen LogP contribution in [0.4, 0.5) is 0 Å². The maximum Gasteiger partial charge on any atom is 0.349 e. The van der Waals surface area contributed by atoms with Gasteiger partial charge in [0, 0.05) is 10.0 Å². The monoisotopic (exact) mass is 461 g/mol. The van der Waals surface area contributed by atoms with Crippen LogP contribution in [0.1, 0.15) is 5.56 Å². The third-order valence-electron chi connectivity index (χ3n) is 3.77. The number of hydrogen-bond acceptors (Lipinski definition) is 5. The van der Waals surface area contributed by atoms with Gasteiger partial charge in [-0.3, -0.25) is 4.79 Å². The number of nitrogens with one attached hydrogen (secondary N) is 1. The Morgan fingerprint density at radius 1 is 1.39 bits per heavy atom. The predicted molar refractivity (Wildman–Crippen MR) is 112 cm³/mol. The first-order valence-corrected chi connectivity index (χ1v) is 9.05. The molecular weight excluding hydrogens is 450 g/mol. The number of aromatic amines is 1. The first-order valence-electron chi connectivity index (χ1n) is 7.88. The number of ether oxygens (including phenoxy) is 2. The first kappa shape index (κ1) is 19.7. The summed E-state index contributed by atoms with van der Waals surface area (Å²) < 4.78 is 11.9. The van der Waals surface area contributed by atoms with Crippen molar-refractivity contribution < 1.29 is 9.47 Å². The molecular formula is C19H13BrClN3O4. The van der Waals surface area contributed by atoms with E-state index in [0.29, 0.717) is 26.7 Å². The molecule has 0 fully saturated rings. The average Bonchev–Trinajstić information content (AvgIpc) is 2.70. The quantitative estimate of drug-likeness (QED) is 0.466. The van der Waals surface area contributed by atoms with Crippen LogP contribution in [0.5, 0.6) is 11.5 Å². The Labute approximate surface area is 172 Å². The Morgan fingerprint density at radius 2 is 2.14 bits per heavy atom. The van der Waals surface area contributed by atoms with E-state index in [-0.39, 0.29) is 17.4 Å². The predicted octanol–water partition coefficient (Wildman–Crippen LogP) is 3.01. The second-order valence-corrected chi connectivity index (χ2v) is 6.63. The lowest BCUT2D eigenvalue weighted by Crippen LogP contribution is -2.32. The fourth-order valence-electron chi connectivity index (χ4n) is 2.48. The number of benzene rings is 2. The van der Waals surface area contributed by atoms with Crippen molar-refractivity contribution in [3.63, 3.8) is 0 Å². The van der Waals surface area contributed by atoms with Crippen LogP contribution in [0.25, 0.3) is 10.9 Å². The average molecular weight is 463 g/mol. The van der Waals surface area contributed by atoms with Gasteiger partial charge >= 0.3 is 5.69 Å². The maximum absolute atomic E-state index is 12.5. The molecule has 2 aromatic carbocycles. The zero-order chi connectivity index (χ0) is 20.3. The minimum Gasteiger partial charge on any atom is -0.493 e. The molecule has 0 atom stereocenters. The van der Waals surface area contributed by atoms with E-state index in [0.717, 1.165) is 4.68 Å². The molecule has 9 heteroatoms. The Morgan fingerprint density at radius 3 is 2.86 bits per heavy atom. The highest BCUT2D eigenvalue weighted by Gasteiger charge is 2.17. The van der Waals surface area contributed by atoms with Crippen LogP contribution in [-0.4, -0.2) is 29.6 Å². The lowest BCUT2D eigenvalue weighted by atomic mass is 10.2. The van der Waals surface area contributed by atoms with Crippen LogP contribution >= 0.6 is 27.5 Å². The molecule has 0 unspecified atom stereocenters. The summed E-state index contributed by atoms with van der Waals surface area (Å²) in [7, 11) is 1.45. The molecule has 0 radical (unpaired) electrons. The molecule has 3 rings (SSSR count). The molecule has 0 aliphatic heterocycles. The standard InChI is InChI=1S/C19H13BrClN3O4/c1-3-8-28-17-14(27-2)9-11(15(20)16(17)21)10-22-24-18(25)12-6-4-5-7-13(12)23-19(24)26/h1,4-7,9-10H,8H2,2H3,(H,23,26). The van der Waals surface area contributed by atoms with Crippen molar-refractivity contribution in [1.82, 2.24) is 9.66 Å². The summed E-state index contributed by atoms with van der Waals surface area (Å²) in [6.45, 7) is 0.0117. The third-order valence-corrected chi connectivity index (χ3v) is 5.21. The molecule has 142 valence electrons. The van der Waals surface area contributed by atoms with Gasteiger partial charge in [0.05, 0.1) is 24.2 Å². The van der Waals surface area contributed by atoms with Crippen molar-refractivity contribution in [2.45, 2.75) is 0 Å². The van der Waals surface area contributed by atoms with Gasteiger partial charge in [0.15, 0.2) is 11.5 Å². The SMILES string of the molecule is C#CCOc1c(OC)cc(C=Nn2c(=O)[nH]c3ccccc3c2=O)c(Br)c1Cl. The van der Waals surface area contributed by atoms with Gasteiger partial charge in [0.1, 0.15) is 11.6 Å². The van der Waals surface area contributed by atoms with Crippen molar-refractivity contribution in [2.75, 3.05) is 13.7 Å². The Bertz CT molecular complexity index is 1240. The highest BCUT2D eigenvalue weighted by Crippen LogP contribution is 2.42. The van der Waals surface area contributed by atoms with E-state index in [2.05, 4.69) is 31.9 Å². The van der Waals surface area contributed by atoms with E-state index in [1.165, 1.54) is 13.3 Å². The van der Waals surface area contributed by atoms with E-state index in [9.17, 15) is 9.59 Å². The van der Waals surface area contributed by atoms with Crippen LogP contribution < -0.4 is 20.7 Å². The van der Waals surface area contributed by atoms with E-state index in [4.69, 9.17) is 27.5 Å². The number of para-hydroxylation sites is 1. The summed E-state index contributed by atoms with van der Waals surface area (Å²) in [6, 6.07) is 8.26. The van der Waals surface area contributed by atoms with E-state index >= 15 is 0 Å². The van der Waals surface area contributed by atoms with Gasteiger partial charge in [-0.05, 0) is 34.1 Å². The molecule has 0 aliphatic carbocycles. The van der Waals surface area contributed by atoms with E-state index < -0.39 is 11.2 Å². The molecule has 1 aromatic heterocycles. The van der Waals surface area contributed by atoms with Crippen LogP contribution in [0.15, 0.2) is 49.5 Å². The van der Waals surface area contributed by atoms with Crippen molar-refractivity contribution in [2.24, 2.45) is 5.10 Å². The van der Waals surface area contributed by atoms with Gasteiger partial charge in [-0.1, -0.05) is 29.7 Å². The summed E-state index contributed by atoms with van der Waals surface area (Å²) in [5, 5.41) is 4.57. The fourth-order valence-corrected chi connectivity index (χ4v) is 3.13. The van der Waals surface area contributed by atoms with Crippen LogP contribution in [0.3, 0.4) is 0 Å². The number of fused-ring (bicyclic) bond motifs is 1. The summed E-state index contributed by atoms with van der Waals surface area (Å²) in [5.41, 5.74) is -0.305. The zero-order valence-corrected chi connectivity index (χ0v) is 16.9. The van der Waals surface area contributed by atoms with Crippen LogP contribution in [-0.2, 0) is 0 Å². The third kappa shape index (κ3) is 3.67. The van der Waals surface area contributed by atoms with E-state index in [1.807, 2.05) is 0 Å². The molecule has 1 N–H and O–H groups in total. The Kier molecular flexibility index (Phi) is 5.87. The number of halogens is 2. The number of H-pyrrole nitrogens is 1. The zero-order valence-electron chi connectivity index (χ0n) is 14.5. The van der Waals surface area contributed by atoms with Gasteiger partial charge in [-0.15, -0.1) is 11.1 Å². The number of rotatable bonds is 5. The number of terminal acetylenes is 1. The van der Waals surface area contributed by atoms with Gasteiger partial charge in [0.2, 0.25) is 0 Å². The molecule has 28 heavy (non-hydrogen) atoms. The van der Waals surface area contributed by atoms with Gasteiger partial charge in [-0.2, -0.15) is 5.10 Å². The lowest BCUT2D eigenvalue weighted by molar-refractivity contribution is 0.331. The van der Waals surface area contributed by atoms with Crippen molar-refractivity contribution in [3.8, 4) is 23.8 Å². The number of hydrogen-bond donors (Lipinski definition) is 1. The highest BCUT2D eigenvalue weighted by atomic mass is 79.9. The van der Waals surface area contributed by atoms with Crippen LogP contribution in [0, 0.1) is 12.3 Å². The minimum atomic E-state index is -0.664. The Balaban J connectivity index is 2.10. The molecule has 3 aromatic rings. The highest BCUT2D eigenvalue weighted by molar-refractivity contribution is 9.10. The van der Waals surface area contributed by atoms with Crippen molar-refractivity contribution >= 4 is 44.6 Å². The van der Waals surface area contributed by atoms with Gasteiger partial charge in [0.25, 0.3) is 5.56 Å². The second kappa shape index (κ2) is 8.33. The molecule has 7 nitrogen and oxygen atoms in total. The molecule has 0 amide bonds. The fraction of sp³-hybridized carbons (Fsp3) is 0.105. The van der Waals surface area contributed by atoms with Gasteiger partial charge < -0.3 is 14.5 Å². The molecule has 0 saturated heterocycles. The van der Waals surface area contributed by atoms with Crippen molar-refractivity contribution in [3.05, 3.63) is 66.2 Å². The largest absolute Gasteiger partial charge is 0.493 e. The lowest BCUT2D eigenvalue weighted by Gasteiger charge is -2.13. The normalized spacial score (nSPS) is 10.9. The Hall–Kier alpha value is -3.02. The summed E-state index contributed by atoms with van der Waals surface area (Å²) >= 11 is 9.67. The molecule has 0 aliphatic rings. The summed E-state index contributed by atoms with van der Waals surface area (Å²) in [6.07, 6.45) is 6.52. The minimum absolute atomic E-state index is 0.0117.